The van der Waals surface area contributed by atoms with Gasteiger partial charge in [0.15, 0.2) is 0 Å². The summed E-state index contributed by atoms with van der Waals surface area (Å²) in [6, 6.07) is 0. The van der Waals surface area contributed by atoms with Crippen molar-refractivity contribution in [2.24, 2.45) is 0 Å². The van der Waals surface area contributed by atoms with Crippen LogP contribution in [0.15, 0.2) is 6.20 Å². The molecule has 0 amide bonds. The Morgan fingerprint density at radius 3 is 3.00 bits per heavy atom. The van der Waals surface area contributed by atoms with Crippen molar-refractivity contribution in [1.82, 2.24) is 8.75 Å². The molecule has 10 heavy (non-hydrogen) atoms. The fourth-order valence-corrected chi connectivity index (χ4v) is 1.22. The molecule has 54 valence electrons. The van der Waals surface area contributed by atoms with Crippen LogP contribution in [0.2, 0.25) is 0 Å². The molecule has 0 spiro atoms. The second-order valence-electron chi connectivity index (χ2n) is 2.42. The summed E-state index contributed by atoms with van der Waals surface area (Å²) in [6.45, 7) is 0. The van der Waals surface area contributed by atoms with Gasteiger partial charge in [-0.15, -0.1) is 4.37 Å². The maximum absolute atomic E-state index is 5.43. The minimum atomic E-state index is 0.420. The summed E-state index contributed by atoms with van der Waals surface area (Å²) in [5, 5.41) is 0. The molecule has 0 N–H and O–H groups in total. The van der Waals surface area contributed by atoms with E-state index in [1.807, 2.05) is 0 Å². The molecule has 0 unspecified atom stereocenters. The van der Waals surface area contributed by atoms with Crippen LogP contribution in [-0.2, 0) is 0 Å². The molecule has 0 saturated heterocycles. The van der Waals surface area contributed by atoms with E-state index < -0.39 is 0 Å². The third-order valence-electron chi connectivity index (χ3n) is 1.68. The highest BCUT2D eigenvalue weighted by Gasteiger charge is 2.19. The zero-order valence-electron chi connectivity index (χ0n) is 5.49. The Morgan fingerprint density at radius 1 is 1.60 bits per heavy atom. The topological polar surface area (TPSA) is 35.0 Å². The lowest BCUT2D eigenvalue weighted by Gasteiger charge is -2.24. The molecular weight excluding hydrogens is 148 g/mol. The van der Waals surface area contributed by atoms with Crippen molar-refractivity contribution in [3.05, 3.63) is 6.20 Å². The molecule has 0 radical (unpaired) electrons. The minimum absolute atomic E-state index is 0.420. The van der Waals surface area contributed by atoms with Crippen molar-refractivity contribution in [2.75, 3.05) is 0 Å². The van der Waals surface area contributed by atoms with Gasteiger partial charge >= 0.3 is 0 Å². The van der Waals surface area contributed by atoms with Crippen molar-refractivity contribution in [3.63, 3.8) is 0 Å². The van der Waals surface area contributed by atoms with E-state index in [4.69, 9.17) is 4.74 Å². The maximum Gasteiger partial charge on any atom is 0.245 e. The van der Waals surface area contributed by atoms with E-state index in [1.54, 1.807) is 6.20 Å². The molecule has 0 aliphatic heterocycles. The lowest BCUT2D eigenvalue weighted by molar-refractivity contribution is 0.116. The van der Waals surface area contributed by atoms with Crippen molar-refractivity contribution in [2.45, 2.75) is 25.4 Å². The van der Waals surface area contributed by atoms with E-state index in [0.29, 0.717) is 12.0 Å². The van der Waals surface area contributed by atoms with E-state index in [9.17, 15) is 0 Å². The Hall–Kier alpha value is -0.640. The van der Waals surface area contributed by atoms with Crippen LogP contribution in [0.4, 0.5) is 0 Å². The van der Waals surface area contributed by atoms with Gasteiger partial charge in [0.05, 0.1) is 11.7 Å². The van der Waals surface area contributed by atoms with Gasteiger partial charge in [-0.2, -0.15) is 4.37 Å². The number of ether oxygens (including phenoxy) is 1. The number of rotatable bonds is 2. The molecule has 1 heterocycles. The van der Waals surface area contributed by atoms with Crippen LogP contribution in [-0.4, -0.2) is 14.9 Å². The molecular formula is C6H8N2OS. The van der Waals surface area contributed by atoms with Crippen LogP contribution in [0.5, 0.6) is 5.88 Å². The van der Waals surface area contributed by atoms with Crippen LogP contribution in [0, 0.1) is 0 Å². The largest absolute Gasteiger partial charge is 0.473 e. The van der Waals surface area contributed by atoms with Crippen LogP contribution in [0.25, 0.3) is 0 Å². The van der Waals surface area contributed by atoms with Gasteiger partial charge in [-0.3, -0.25) is 0 Å². The molecule has 2 rings (SSSR count). The monoisotopic (exact) mass is 156 g/mol. The molecule has 4 heteroatoms. The maximum atomic E-state index is 5.43. The number of hydrogen-bond acceptors (Lipinski definition) is 4. The number of hydrogen-bond donors (Lipinski definition) is 0. The summed E-state index contributed by atoms with van der Waals surface area (Å²) >= 11 is 1.19. The van der Waals surface area contributed by atoms with Crippen LogP contribution < -0.4 is 4.74 Å². The Kier molecular flexibility index (Phi) is 1.55. The van der Waals surface area contributed by atoms with Gasteiger partial charge in [-0.25, -0.2) is 0 Å². The Morgan fingerprint density at radius 2 is 2.50 bits per heavy atom. The Balaban J connectivity index is 1.90. The van der Waals surface area contributed by atoms with Gasteiger partial charge in [-0.05, 0) is 19.3 Å². The van der Waals surface area contributed by atoms with Gasteiger partial charge in [0.25, 0.3) is 0 Å². The molecule has 1 aromatic heterocycles. The van der Waals surface area contributed by atoms with Gasteiger partial charge in [0.1, 0.15) is 12.3 Å². The second kappa shape index (κ2) is 2.54. The van der Waals surface area contributed by atoms with Crippen molar-refractivity contribution >= 4 is 11.7 Å². The smallest absolute Gasteiger partial charge is 0.245 e. The molecule has 1 aliphatic carbocycles. The first-order chi connectivity index (χ1) is 4.95. The number of nitrogens with zero attached hydrogens (tertiary/aromatic N) is 2. The SMILES string of the molecule is c1nsnc1OC1CCC1. The average molecular weight is 156 g/mol. The van der Waals surface area contributed by atoms with E-state index in [1.165, 1.54) is 31.0 Å². The highest BCUT2D eigenvalue weighted by atomic mass is 32.1. The summed E-state index contributed by atoms with van der Waals surface area (Å²) in [6.07, 6.45) is 5.74. The first-order valence-corrected chi connectivity index (χ1v) is 4.12. The zero-order chi connectivity index (χ0) is 6.81. The van der Waals surface area contributed by atoms with E-state index in [0.717, 1.165) is 0 Å². The van der Waals surface area contributed by atoms with Crippen LogP contribution >= 0.6 is 11.7 Å². The second-order valence-corrected chi connectivity index (χ2v) is 2.97. The van der Waals surface area contributed by atoms with Crippen LogP contribution in [0.1, 0.15) is 19.3 Å². The molecule has 0 aromatic carbocycles. The first kappa shape index (κ1) is 6.09. The predicted octanol–water partition coefficient (Wildman–Crippen LogP) is 1.47. The molecule has 1 aliphatic rings. The van der Waals surface area contributed by atoms with Crippen molar-refractivity contribution in [1.29, 1.82) is 0 Å². The normalized spacial score (nSPS) is 18.4. The zero-order valence-corrected chi connectivity index (χ0v) is 6.30. The highest BCUT2D eigenvalue weighted by Crippen LogP contribution is 2.23. The van der Waals surface area contributed by atoms with E-state index in [2.05, 4.69) is 8.75 Å². The fraction of sp³-hybridized carbons (Fsp3) is 0.667. The number of aromatic nitrogens is 2. The van der Waals surface area contributed by atoms with Gasteiger partial charge in [0.2, 0.25) is 5.88 Å². The summed E-state index contributed by atoms with van der Waals surface area (Å²) < 4.78 is 13.2. The Bertz CT molecular complexity index is 196. The third kappa shape index (κ3) is 1.11. The molecule has 3 nitrogen and oxygen atoms in total. The van der Waals surface area contributed by atoms with Crippen molar-refractivity contribution < 1.29 is 4.74 Å². The Labute approximate surface area is 63.4 Å². The lowest BCUT2D eigenvalue weighted by atomic mass is 9.96. The molecule has 1 saturated carbocycles. The minimum Gasteiger partial charge on any atom is -0.473 e. The molecule has 0 bridgehead atoms. The summed E-state index contributed by atoms with van der Waals surface area (Å²) in [7, 11) is 0. The summed E-state index contributed by atoms with van der Waals surface area (Å²) in [5.74, 6) is 0.690. The predicted molar refractivity (Wildman–Crippen MR) is 38.2 cm³/mol. The summed E-state index contributed by atoms with van der Waals surface area (Å²) in [4.78, 5) is 0. The highest BCUT2D eigenvalue weighted by molar-refractivity contribution is 6.99. The molecule has 0 atom stereocenters. The standard InChI is InChI=1S/C6H8N2OS/c1-2-5(3-1)9-6-4-7-10-8-6/h4-5H,1-3H2. The summed E-state index contributed by atoms with van der Waals surface area (Å²) in [5.41, 5.74) is 0. The van der Waals surface area contributed by atoms with Gasteiger partial charge in [0, 0.05) is 0 Å². The van der Waals surface area contributed by atoms with Gasteiger partial charge < -0.3 is 4.74 Å². The average Bonchev–Trinajstić information content (AvgIpc) is 2.29. The lowest BCUT2D eigenvalue weighted by Crippen LogP contribution is -2.24. The van der Waals surface area contributed by atoms with Crippen molar-refractivity contribution in [3.8, 4) is 5.88 Å². The molecule has 1 fully saturated rings. The van der Waals surface area contributed by atoms with E-state index in [-0.39, 0.29) is 0 Å². The van der Waals surface area contributed by atoms with E-state index >= 15 is 0 Å². The first-order valence-electron chi connectivity index (χ1n) is 3.39. The third-order valence-corrected chi connectivity index (χ3v) is 2.14. The molecule has 1 aromatic rings. The van der Waals surface area contributed by atoms with Crippen LogP contribution in [0.3, 0.4) is 0 Å². The quantitative estimate of drug-likeness (QED) is 0.650. The van der Waals surface area contributed by atoms with Gasteiger partial charge in [-0.1, -0.05) is 0 Å². The fourth-order valence-electron chi connectivity index (χ4n) is 0.867.